The number of hydrogen-bond acceptors (Lipinski definition) is 4. The first-order valence-corrected chi connectivity index (χ1v) is 7.22. The molecule has 1 aliphatic rings. The van der Waals surface area contributed by atoms with Crippen LogP contribution in [0.2, 0.25) is 0 Å². The molecule has 19 heavy (non-hydrogen) atoms. The molecule has 1 saturated heterocycles. The number of esters is 1. The third-order valence-corrected chi connectivity index (χ3v) is 3.90. The van der Waals surface area contributed by atoms with Gasteiger partial charge in [0.25, 0.3) is 0 Å². The number of carbonyl (C=O) groups is 2. The predicted molar refractivity (Wildman–Crippen MR) is 73.4 cm³/mol. The van der Waals surface area contributed by atoms with E-state index in [0.717, 1.165) is 19.3 Å². The minimum absolute atomic E-state index is 0.0386. The summed E-state index contributed by atoms with van der Waals surface area (Å²) in [5.74, 6) is -0.266. The van der Waals surface area contributed by atoms with Crippen molar-refractivity contribution in [2.24, 2.45) is 17.6 Å². The molecule has 5 nitrogen and oxygen atoms in total. The number of nitrogens with two attached hydrogens (primary N) is 1. The van der Waals surface area contributed by atoms with Gasteiger partial charge in [-0.2, -0.15) is 0 Å². The Balaban J connectivity index is 2.59. The van der Waals surface area contributed by atoms with Crippen molar-refractivity contribution in [1.82, 2.24) is 4.90 Å². The molecule has 110 valence electrons. The number of rotatable bonds is 5. The molecule has 1 aliphatic heterocycles. The van der Waals surface area contributed by atoms with Crippen LogP contribution in [-0.4, -0.2) is 42.5 Å². The molecule has 0 spiro atoms. The van der Waals surface area contributed by atoms with E-state index in [-0.39, 0.29) is 23.7 Å². The second-order valence-corrected chi connectivity index (χ2v) is 5.29. The number of ether oxygens (including phenoxy) is 1. The number of hydrogen-bond donors (Lipinski definition) is 1. The van der Waals surface area contributed by atoms with Crippen LogP contribution in [0.25, 0.3) is 0 Å². The molecule has 1 amide bonds. The SMILES string of the molecule is CCOC(=O)[C@H]1CCCN(C(=O)[C@H](N)[C@H](C)CC)C1. The molecular formula is C14H26N2O3. The van der Waals surface area contributed by atoms with Crippen LogP contribution in [0.4, 0.5) is 0 Å². The quantitative estimate of drug-likeness (QED) is 0.761. The summed E-state index contributed by atoms with van der Waals surface area (Å²) in [6, 6.07) is -0.467. The van der Waals surface area contributed by atoms with Crippen LogP contribution in [0.15, 0.2) is 0 Å². The Morgan fingerprint density at radius 1 is 1.42 bits per heavy atom. The molecule has 1 heterocycles. The van der Waals surface area contributed by atoms with Crippen LogP contribution in [0.5, 0.6) is 0 Å². The number of amides is 1. The van der Waals surface area contributed by atoms with Gasteiger partial charge >= 0.3 is 5.97 Å². The first kappa shape index (κ1) is 16.0. The van der Waals surface area contributed by atoms with Crippen LogP contribution >= 0.6 is 0 Å². The molecule has 0 bridgehead atoms. The molecule has 1 rings (SSSR count). The van der Waals surface area contributed by atoms with Gasteiger partial charge in [0.2, 0.25) is 5.91 Å². The summed E-state index contributed by atoms with van der Waals surface area (Å²) in [5.41, 5.74) is 5.97. The Kier molecular flexibility index (Phi) is 6.28. The van der Waals surface area contributed by atoms with Crippen LogP contribution in [-0.2, 0) is 14.3 Å². The average molecular weight is 270 g/mol. The normalized spacial score (nSPS) is 22.7. The Bertz CT molecular complexity index is 320. The van der Waals surface area contributed by atoms with Gasteiger partial charge in [-0.1, -0.05) is 20.3 Å². The zero-order valence-electron chi connectivity index (χ0n) is 12.2. The molecule has 0 aliphatic carbocycles. The number of carbonyl (C=O) groups excluding carboxylic acids is 2. The summed E-state index contributed by atoms with van der Waals surface area (Å²) in [7, 11) is 0. The molecular weight excluding hydrogens is 244 g/mol. The molecule has 0 aromatic heterocycles. The van der Waals surface area contributed by atoms with Gasteiger partial charge in [0, 0.05) is 13.1 Å². The smallest absolute Gasteiger partial charge is 0.310 e. The zero-order valence-corrected chi connectivity index (χ0v) is 12.2. The van der Waals surface area contributed by atoms with E-state index in [4.69, 9.17) is 10.5 Å². The highest BCUT2D eigenvalue weighted by Gasteiger charge is 2.32. The molecule has 5 heteroatoms. The van der Waals surface area contributed by atoms with Crippen molar-refractivity contribution >= 4 is 11.9 Å². The second-order valence-electron chi connectivity index (χ2n) is 5.29. The number of likely N-dealkylation sites (tertiary alicyclic amines) is 1. The molecule has 0 aromatic rings. The summed E-state index contributed by atoms with van der Waals surface area (Å²) in [4.78, 5) is 25.7. The van der Waals surface area contributed by atoms with Gasteiger partial charge < -0.3 is 15.4 Å². The van der Waals surface area contributed by atoms with Crippen LogP contribution in [0, 0.1) is 11.8 Å². The first-order chi connectivity index (χ1) is 9.01. The van der Waals surface area contributed by atoms with Crippen molar-refractivity contribution in [1.29, 1.82) is 0 Å². The average Bonchev–Trinajstić information content (AvgIpc) is 2.45. The molecule has 0 radical (unpaired) electrons. The highest BCUT2D eigenvalue weighted by Crippen LogP contribution is 2.20. The lowest BCUT2D eigenvalue weighted by Gasteiger charge is -2.34. The van der Waals surface area contributed by atoms with Crippen molar-refractivity contribution in [3.8, 4) is 0 Å². The fourth-order valence-electron chi connectivity index (χ4n) is 2.34. The van der Waals surface area contributed by atoms with E-state index in [0.29, 0.717) is 19.7 Å². The van der Waals surface area contributed by atoms with Crippen molar-refractivity contribution in [2.45, 2.75) is 46.1 Å². The maximum Gasteiger partial charge on any atom is 0.310 e. The van der Waals surface area contributed by atoms with Crippen molar-refractivity contribution in [2.75, 3.05) is 19.7 Å². The molecule has 0 unspecified atom stereocenters. The summed E-state index contributed by atoms with van der Waals surface area (Å²) >= 11 is 0. The minimum Gasteiger partial charge on any atom is -0.466 e. The Labute approximate surface area is 115 Å². The topological polar surface area (TPSA) is 72.6 Å². The maximum atomic E-state index is 12.3. The van der Waals surface area contributed by atoms with Gasteiger partial charge in [0.05, 0.1) is 18.6 Å². The maximum absolute atomic E-state index is 12.3. The van der Waals surface area contributed by atoms with Gasteiger partial charge in [-0.25, -0.2) is 0 Å². The summed E-state index contributed by atoms with van der Waals surface area (Å²) in [5, 5.41) is 0. The van der Waals surface area contributed by atoms with E-state index in [1.807, 2.05) is 13.8 Å². The van der Waals surface area contributed by atoms with Gasteiger partial charge in [0.15, 0.2) is 0 Å². The van der Waals surface area contributed by atoms with Crippen LogP contribution in [0.1, 0.15) is 40.0 Å². The largest absolute Gasteiger partial charge is 0.466 e. The Morgan fingerprint density at radius 3 is 2.68 bits per heavy atom. The van der Waals surface area contributed by atoms with E-state index in [9.17, 15) is 9.59 Å². The third kappa shape index (κ3) is 4.20. The van der Waals surface area contributed by atoms with Crippen molar-refractivity contribution < 1.29 is 14.3 Å². The molecule has 1 fully saturated rings. The van der Waals surface area contributed by atoms with E-state index < -0.39 is 6.04 Å². The summed E-state index contributed by atoms with van der Waals surface area (Å²) < 4.78 is 5.03. The highest BCUT2D eigenvalue weighted by molar-refractivity contribution is 5.83. The Morgan fingerprint density at radius 2 is 2.11 bits per heavy atom. The second kappa shape index (κ2) is 7.48. The van der Waals surface area contributed by atoms with E-state index in [1.165, 1.54) is 0 Å². The lowest BCUT2D eigenvalue weighted by atomic mass is 9.94. The molecule has 0 saturated carbocycles. The van der Waals surface area contributed by atoms with Gasteiger partial charge in [-0.15, -0.1) is 0 Å². The fourth-order valence-corrected chi connectivity index (χ4v) is 2.34. The minimum atomic E-state index is -0.467. The zero-order chi connectivity index (χ0) is 14.4. The Hall–Kier alpha value is -1.10. The van der Waals surface area contributed by atoms with Gasteiger partial charge in [-0.05, 0) is 25.7 Å². The predicted octanol–water partition coefficient (Wildman–Crippen LogP) is 1.16. The lowest BCUT2D eigenvalue weighted by Crippen LogP contribution is -2.51. The fraction of sp³-hybridized carbons (Fsp3) is 0.857. The summed E-state index contributed by atoms with van der Waals surface area (Å²) in [6.45, 7) is 7.32. The van der Waals surface area contributed by atoms with E-state index >= 15 is 0 Å². The van der Waals surface area contributed by atoms with E-state index in [2.05, 4.69) is 0 Å². The van der Waals surface area contributed by atoms with Crippen LogP contribution < -0.4 is 5.73 Å². The molecule has 3 atom stereocenters. The molecule has 2 N–H and O–H groups in total. The van der Waals surface area contributed by atoms with Gasteiger partial charge in [-0.3, -0.25) is 9.59 Å². The summed E-state index contributed by atoms with van der Waals surface area (Å²) in [6.07, 6.45) is 2.51. The van der Waals surface area contributed by atoms with Crippen molar-refractivity contribution in [3.63, 3.8) is 0 Å². The molecule has 0 aromatic carbocycles. The lowest BCUT2D eigenvalue weighted by molar-refractivity contribution is -0.151. The number of nitrogens with zero attached hydrogens (tertiary/aromatic N) is 1. The van der Waals surface area contributed by atoms with E-state index in [1.54, 1.807) is 11.8 Å². The first-order valence-electron chi connectivity index (χ1n) is 7.22. The third-order valence-electron chi connectivity index (χ3n) is 3.90. The van der Waals surface area contributed by atoms with Gasteiger partial charge in [0.1, 0.15) is 0 Å². The van der Waals surface area contributed by atoms with Crippen LogP contribution in [0.3, 0.4) is 0 Å². The number of piperidine rings is 1. The van der Waals surface area contributed by atoms with Crippen molar-refractivity contribution in [3.05, 3.63) is 0 Å². The highest BCUT2D eigenvalue weighted by atomic mass is 16.5. The standard InChI is InChI=1S/C14H26N2O3/c1-4-10(3)12(15)13(17)16-8-6-7-11(9-16)14(18)19-5-2/h10-12H,4-9,15H2,1-3H3/t10-,11+,12-/m1/s1. The monoisotopic (exact) mass is 270 g/mol.